The minimum absolute atomic E-state index is 0.217. The summed E-state index contributed by atoms with van der Waals surface area (Å²) in [5.41, 5.74) is -0.121. The Morgan fingerprint density at radius 3 is 2.81 bits per heavy atom. The van der Waals surface area contributed by atoms with Crippen LogP contribution in [0.15, 0.2) is 24.3 Å². The van der Waals surface area contributed by atoms with Crippen molar-refractivity contribution in [1.29, 1.82) is 5.26 Å². The number of esters is 1. The van der Waals surface area contributed by atoms with Gasteiger partial charge in [0.1, 0.15) is 6.07 Å². The van der Waals surface area contributed by atoms with Crippen LogP contribution in [0.3, 0.4) is 0 Å². The van der Waals surface area contributed by atoms with Crippen molar-refractivity contribution in [2.75, 3.05) is 6.79 Å². The molecule has 0 bridgehead atoms. The first-order chi connectivity index (χ1) is 10.2. The first-order valence-electron chi connectivity index (χ1n) is 6.93. The van der Waals surface area contributed by atoms with Gasteiger partial charge < -0.3 is 14.2 Å². The fourth-order valence-corrected chi connectivity index (χ4v) is 2.59. The van der Waals surface area contributed by atoms with E-state index < -0.39 is 11.6 Å². The molecule has 0 amide bonds. The summed E-state index contributed by atoms with van der Waals surface area (Å²) in [4.78, 5) is 11.9. The molecule has 1 aromatic rings. The second-order valence-electron chi connectivity index (χ2n) is 5.18. The Labute approximate surface area is 122 Å². The van der Waals surface area contributed by atoms with Gasteiger partial charge in [-0.25, -0.2) is 4.79 Å². The van der Waals surface area contributed by atoms with Crippen LogP contribution in [0.25, 0.3) is 6.08 Å². The van der Waals surface area contributed by atoms with Gasteiger partial charge in [-0.1, -0.05) is 6.07 Å². The lowest BCUT2D eigenvalue weighted by Crippen LogP contribution is -2.29. The van der Waals surface area contributed by atoms with Crippen molar-refractivity contribution < 1.29 is 19.0 Å². The van der Waals surface area contributed by atoms with E-state index in [9.17, 15) is 10.1 Å². The van der Waals surface area contributed by atoms with Crippen LogP contribution in [0.2, 0.25) is 0 Å². The summed E-state index contributed by atoms with van der Waals surface area (Å²) in [7, 11) is 0. The van der Waals surface area contributed by atoms with E-state index in [1.807, 2.05) is 6.07 Å². The van der Waals surface area contributed by atoms with E-state index in [1.165, 1.54) is 6.08 Å². The molecule has 0 N–H and O–H groups in total. The molecule has 3 rings (SSSR count). The number of fused-ring (bicyclic) bond motifs is 1. The third-order valence-corrected chi connectivity index (χ3v) is 3.72. The van der Waals surface area contributed by atoms with Crippen LogP contribution >= 0.6 is 0 Å². The van der Waals surface area contributed by atoms with Gasteiger partial charge in [-0.15, -0.1) is 0 Å². The Balaban J connectivity index is 1.66. The fourth-order valence-electron chi connectivity index (χ4n) is 2.59. The highest BCUT2D eigenvalue weighted by atomic mass is 16.7. The zero-order valence-electron chi connectivity index (χ0n) is 11.5. The standard InChI is InChI=1S/C16H15NO4/c17-10-16(7-1-2-8-16)21-15(18)6-4-12-3-5-13-14(9-12)20-11-19-13/h3-6,9H,1-2,7-8,11H2/b6-4+. The van der Waals surface area contributed by atoms with Crippen LogP contribution in [0.4, 0.5) is 0 Å². The summed E-state index contributed by atoms with van der Waals surface area (Å²) < 4.78 is 15.8. The Bertz CT molecular complexity index is 624. The smallest absolute Gasteiger partial charge is 0.332 e. The summed E-state index contributed by atoms with van der Waals surface area (Å²) in [5.74, 6) is 0.870. The molecule has 108 valence electrons. The van der Waals surface area contributed by atoms with Crippen LogP contribution in [0.1, 0.15) is 31.2 Å². The molecule has 0 unspecified atom stereocenters. The van der Waals surface area contributed by atoms with Crippen LogP contribution in [0.5, 0.6) is 11.5 Å². The lowest BCUT2D eigenvalue weighted by molar-refractivity contribution is -0.147. The predicted molar refractivity (Wildman–Crippen MR) is 74.5 cm³/mol. The van der Waals surface area contributed by atoms with Gasteiger partial charge in [0.2, 0.25) is 6.79 Å². The average Bonchev–Trinajstić information content (AvgIpc) is 3.14. The van der Waals surface area contributed by atoms with Crippen molar-refractivity contribution >= 4 is 12.0 Å². The van der Waals surface area contributed by atoms with E-state index in [1.54, 1.807) is 18.2 Å². The lowest BCUT2D eigenvalue weighted by Gasteiger charge is -2.19. The Morgan fingerprint density at radius 1 is 1.29 bits per heavy atom. The molecule has 1 heterocycles. The van der Waals surface area contributed by atoms with Crippen LogP contribution in [-0.4, -0.2) is 18.4 Å². The predicted octanol–water partition coefficient (Wildman–Crippen LogP) is 2.81. The quantitative estimate of drug-likeness (QED) is 0.631. The van der Waals surface area contributed by atoms with Gasteiger partial charge in [0.15, 0.2) is 17.1 Å². The van der Waals surface area contributed by atoms with Crippen molar-refractivity contribution in [3.8, 4) is 17.6 Å². The van der Waals surface area contributed by atoms with E-state index in [-0.39, 0.29) is 6.79 Å². The van der Waals surface area contributed by atoms with Crippen molar-refractivity contribution in [2.45, 2.75) is 31.3 Å². The maximum Gasteiger partial charge on any atom is 0.332 e. The van der Waals surface area contributed by atoms with Gasteiger partial charge in [-0.2, -0.15) is 5.26 Å². The molecule has 1 aromatic carbocycles. The number of carbonyl (C=O) groups excluding carboxylic acids is 1. The minimum atomic E-state index is -0.934. The number of hydrogen-bond acceptors (Lipinski definition) is 5. The number of benzene rings is 1. The lowest BCUT2D eigenvalue weighted by atomic mass is 10.1. The Morgan fingerprint density at radius 2 is 2.05 bits per heavy atom. The zero-order valence-corrected chi connectivity index (χ0v) is 11.5. The van der Waals surface area contributed by atoms with Crippen LogP contribution < -0.4 is 9.47 Å². The molecule has 0 spiro atoms. The van der Waals surface area contributed by atoms with Gasteiger partial charge in [-0.05, 0) is 36.6 Å². The summed E-state index contributed by atoms with van der Waals surface area (Å²) in [6.07, 6.45) is 6.07. The summed E-state index contributed by atoms with van der Waals surface area (Å²) >= 11 is 0. The summed E-state index contributed by atoms with van der Waals surface area (Å²) in [5, 5.41) is 9.17. The van der Waals surface area contributed by atoms with Gasteiger partial charge in [0.05, 0.1) is 0 Å². The van der Waals surface area contributed by atoms with E-state index >= 15 is 0 Å². The summed E-state index contributed by atoms with van der Waals surface area (Å²) in [6, 6.07) is 7.54. The molecule has 1 saturated carbocycles. The third kappa shape index (κ3) is 2.84. The van der Waals surface area contributed by atoms with Crippen LogP contribution in [0, 0.1) is 11.3 Å². The molecule has 21 heavy (non-hydrogen) atoms. The molecule has 5 heteroatoms. The number of rotatable bonds is 3. The van der Waals surface area contributed by atoms with Crippen molar-refractivity contribution in [2.24, 2.45) is 0 Å². The molecular weight excluding hydrogens is 270 g/mol. The second kappa shape index (κ2) is 5.49. The molecule has 0 saturated heterocycles. The molecule has 2 aliphatic rings. The van der Waals surface area contributed by atoms with Crippen molar-refractivity contribution in [1.82, 2.24) is 0 Å². The molecule has 1 aliphatic carbocycles. The first-order valence-corrected chi connectivity index (χ1v) is 6.93. The normalized spacial score (nSPS) is 18.6. The Hall–Kier alpha value is -2.48. The Kier molecular flexibility index (Phi) is 3.53. The molecule has 5 nitrogen and oxygen atoms in total. The number of carbonyl (C=O) groups is 1. The maximum absolute atomic E-state index is 11.9. The topological polar surface area (TPSA) is 68.5 Å². The highest BCUT2D eigenvalue weighted by molar-refractivity contribution is 5.87. The molecule has 0 radical (unpaired) electrons. The van der Waals surface area contributed by atoms with Gasteiger partial charge in [0, 0.05) is 18.9 Å². The zero-order chi connectivity index (χ0) is 14.7. The SMILES string of the molecule is N#CC1(OC(=O)/C=C/c2ccc3c(c2)OCO3)CCCC1. The van der Waals surface area contributed by atoms with Crippen molar-refractivity contribution in [3.63, 3.8) is 0 Å². The number of hydrogen-bond donors (Lipinski definition) is 0. The second-order valence-corrected chi connectivity index (χ2v) is 5.18. The van der Waals surface area contributed by atoms with E-state index in [0.29, 0.717) is 24.3 Å². The van der Waals surface area contributed by atoms with Crippen LogP contribution in [-0.2, 0) is 9.53 Å². The molecule has 0 atom stereocenters. The number of nitriles is 1. The van der Waals surface area contributed by atoms with Gasteiger partial charge >= 0.3 is 5.97 Å². The van der Waals surface area contributed by atoms with Crippen molar-refractivity contribution in [3.05, 3.63) is 29.8 Å². The number of nitrogens with zero attached hydrogens (tertiary/aromatic N) is 1. The molecule has 1 aliphatic heterocycles. The number of ether oxygens (including phenoxy) is 3. The van der Waals surface area contributed by atoms with E-state index in [0.717, 1.165) is 18.4 Å². The van der Waals surface area contributed by atoms with Gasteiger partial charge in [0.25, 0.3) is 0 Å². The maximum atomic E-state index is 11.9. The minimum Gasteiger partial charge on any atom is -0.454 e. The molecule has 0 aromatic heterocycles. The third-order valence-electron chi connectivity index (χ3n) is 3.72. The first kappa shape index (κ1) is 13.5. The van der Waals surface area contributed by atoms with E-state index in [4.69, 9.17) is 14.2 Å². The largest absolute Gasteiger partial charge is 0.454 e. The average molecular weight is 285 g/mol. The highest BCUT2D eigenvalue weighted by Gasteiger charge is 2.37. The monoisotopic (exact) mass is 285 g/mol. The highest BCUT2D eigenvalue weighted by Crippen LogP contribution is 2.34. The fraction of sp³-hybridized carbons (Fsp3) is 0.375. The van der Waals surface area contributed by atoms with E-state index in [2.05, 4.69) is 6.07 Å². The summed E-state index contributed by atoms with van der Waals surface area (Å²) in [6.45, 7) is 0.217. The van der Waals surface area contributed by atoms with Gasteiger partial charge in [-0.3, -0.25) is 0 Å². The molecular formula is C16H15NO4. The molecule has 1 fully saturated rings.